The SMILES string of the molecule is CCCNC(=O)[C@@H](CC)N(Cc1c(Cl)cccc1Cl)C(=O)CN(c1cccc(Cl)c1)S(=O)(=O)c1ccc(C)cc1. The zero-order valence-electron chi connectivity index (χ0n) is 22.5. The van der Waals surface area contributed by atoms with Gasteiger partial charge in [-0.3, -0.25) is 13.9 Å². The zero-order valence-corrected chi connectivity index (χ0v) is 25.6. The van der Waals surface area contributed by atoms with E-state index in [1.807, 2.05) is 13.8 Å². The summed E-state index contributed by atoms with van der Waals surface area (Å²) >= 11 is 19.1. The predicted octanol–water partition coefficient (Wildman–Crippen LogP) is 6.48. The molecule has 0 spiro atoms. The number of nitrogens with one attached hydrogen (secondary N) is 1. The highest BCUT2D eigenvalue weighted by Crippen LogP contribution is 2.29. The first-order chi connectivity index (χ1) is 19.0. The average molecular weight is 625 g/mol. The van der Waals surface area contributed by atoms with E-state index in [-0.39, 0.29) is 29.5 Å². The summed E-state index contributed by atoms with van der Waals surface area (Å²) in [5, 5.41) is 3.80. The highest BCUT2D eigenvalue weighted by atomic mass is 35.5. The molecule has 3 aromatic carbocycles. The number of nitrogens with zero attached hydrogens (tertiary/aromatic N) is 2. The van der Waals surface area contributed by atoms with E-state index < -0.39 is 28.5 Å². The van der Waals surface area contributed by atoms with Crippen molar-refractivity contribution in [3.63, 3.8) is 0 Å². The third-order valence-corrected chi connectivity index (χ3v) is 9.04. The van der Waals surface area contributed by atoms with Gasteiger partial charge in [-0.1, -0.05) is 78.5 Å². The van der Waals surface area contributed by atoms with E-state index in [9.17, 15) is 18.0 Å². The van der Waals surface area contributed by atoms with Crippen LogP contribution in [-0.4, -0.2) is 44.3 Å². The lowest BCUT2D eigenvalue weighted by molar-refractivity contribution is -0.140. The fourth-order valence-corrected chi connectivity index (χ4v) is 6.24. The van der Waals surface area contributed by atoms with Crippen LogP contribution in [0.2, 0.25) is 15.1 Å². The van der Waals surface area contributed by atoms with Gasteiger partial charge in [0.25, 0.3) is 10.0 Å². The van der Waals surface area contributed by atoms with Crippen molar-refractivity contribution in [3.05, 3.63) is 92.9 Å². The van der Waals surface area contributed by atoms with Crippen LogP contribution >= 0.6 is 34.8 Å². The van der Waals surface area contributed by atoms with Gasteiger partial charge in [0, 0.05) is 33.7 Å². The molecule has 1 N–H and O–H groups in total. The first-order valence-electron chi connectivity index (χ1n) is 12.8. The van der Waals surface area contributed by atoms with Gasteiger partial charge in [0.05, 0.1) is 10.6 Å². The Morgan fingerprint density at radius 2 is 1.55 bits per heavy atom. The Balaban J connectivity index is 2.09. The van der Waals surface area contributed by atoms with Crippen LogP contribution in [0.1, 0.15) is 37.8 Å². The van der Waals surface area contributed by atoms with Crippen molar-refractivity contribution in [3.8, 4) is 0 Å². The van der Waals surface area contributed by atoms with Crippen LogP contribution in [0.5, 0.6) is 0 Å². The maximum Gasteiger partial charge on any atom is 0.264 e. The molecular formula is C29H32Cl3N3O4S. The molecule has 2 amide bonds. The second-order valence-electron chi connectivity index (χ2n) is 9.24. The highest BCUT2D eigenvalue weighted by Gasteiger charge is 2.34. The number of sulfonamides is 1. The van der Waals surface area contributed by atoms with Gasteiger partial charge in [0.1, 0.15) is 12.6 Å². The van der Waals surface area contributed by atoms with Crippen LogP contribution in [0.15, 0.2) is 71.6 Å². The summed E-state index contributed by atoms with van der Waals surface area (Å²) in [5.74, 6) is -0.957. The smallest absolute Gasteiger partial charge is 0.264 e. The summed E-state index contributed by atoms with van der Waals surface area (Å²) < 4.78 is 28.8. The molecule has 0 aromatic heterocycles. The highest BCUT2D eigenvalue weighted by molar-refractivity contribution is 7.92. The number of hydrogen-bond acceptors (Lipinski definition) is 4. The van der Waals surface area contributed by atoms with Crippen LogP contribution in [0, 0.1) is 6.92 Å². The Kier molecular flexibility index (Phi) is 11.3. The number of carbonyl (C=O) groups is 2. The monoisotopic (exact) mass is 623 g/mol. The second-order valence-corrected chi connectivity index (χ2v) is 12.4. The Bertz CT molecular complexity index is 1430. The minimum Gasteiger partial charge on any atom is -0.354 e. The standard InChI is InChI=1S/C29H32Cl3N3O4S/c1-4-16-33-29(37)27(5-2)34(18-24-25(31)10-7-11-26(24)32)28(36)19-35(22-9-6-8-21(30)17-22)40(38,39)23-14-12-20(3)13-15-23/h6-15,17,27H,4-5,16,18-19H2,1-3H3,(H,33,37)/t27-/m1/s1. The summed E-state index contributed by atoms with van der Waals surface area (Å²) in [5.41, 5.74) is 1.55. The number of amides is 2. The molecule has 1 atom stereocenters. The van der Waals surface area contributed by atoms with Crippen LogP contribution in [0.4, 0.5) is 5.69 Å². The molecule has 0 radical (unpaired) electrons. The number of hydrogen-bond donors (Lipinski definition) is 1. The molecule has 0 saturated carbocycles. The molecule has 0 bridgehead atoms. The maximum atomic E-state index is 14.1. The molecule has 0 heterocycles. The first kappa shape index (κ1) is 31.7. The number of aryl methyl sites for hydroxylation is 1. The molecule has 0 saturated heterocycles. The van der Waals surface area contributed by atoms with Gasteiger partial charge in [-0.25, -0.2) is 8.42 Å². The van der Waals surface area contributed by atoms with E-state index in [0.29, 0.717) is 33.6 Å². The minimum absolute atomic E-state index is 0.0132. The van der Waals surface area contributed by atoms with E-state index in [2.05, 4.69) is 5.32 Å². The molecule has 0 aliphatic carbocycles. The van der Waals surface area contributed by atoms with E-state index in [4.69, 9.17) is 34.8 Å². The van der Waals surface area contributed by atoms with E-state index in [1.165, 1.54) is 23.1 Å². The lowest BCUT2D eigenvalue weighted by atomic mass is 10.1. The molecule has 3 aromatic rings. The van der Waals surface area contributed by atoms with Crippen LogP contribution in [0.3, 0.4) is 0 Å². The number of anilines is 1. The summed E-state index contributed by atoms with van der Waals surface area (Å²) in [4.78, 5) is 28.6. The molecule has 11 heteroatoms. The fourth-order valence-electron chi connectivity index (χ4n) is 4.14. The summed E-state index contributed by atoms with van der Waals surface area (Å²) in [6, 6.07) is 16.7. The molecule has 0 aliphatic rings. The molecule has 0 fully saturated rings. The lowest BCUT2D eigenvalue weighted by Gasteiger charge is -2.33. The second kappa shape index (κ2) is 14.2. The normalized spacial score (nSPS) is 12.1. The van der Waals surface area contributed by atoms with Crippen molar-refractivity contribution in [2.24, 2.45) is 0 Å². The Hall–Kier alpha value is -2.78. The van der Waals surface area contributed by atoms with E-state index in [0.717, 1.165) is 9.87 Å². The van der Waals surface area contributed by atoms with Crippen LogP contribution in [-0.2, 0) is 26.2 Å². The van der Waals surface area contributed by atoms with Gasteiger partial charge < -0.3 is 10.2 Å². The molecule has 3 rings (SSSR count). The largest absolute Gasteiger partial charge is 0.354 e. The fraction of sp³-hybridized carbons (Fsp3) is 0.310. The molecule has 214 valence electrons. The van der Waals surface area contributed by atoms with Crippen molar-refractivity contribution < 1.29 is 18.0 Å². The van der Waals surface area contributed by atoms with Gasteiger partial charge in [-0.15, -0.1) is 0 Å². The van der Waals surface area contributed by atoms with Crippen molar-refractivity contribution in [1.82, 2.24) is 10.2 Å². The van der Waals surface area contributed by atoms with Crippen molar-refractivity contribution in [1.29, 1.82) is 0 Å². The lowest BCUT2D eigenvalue weighted by Crippen LogP contribution is -2.52. The molecule has 40 heavy (non-hydrogen) atoms. The molecule has 7 nitrogen and oxygen atoms in total. The van der Waals surface area contributed by atoms with Gasteiger partial charge in [0.15, 0.2) is 0 Å². The number of halogens is 3. The van der Waals surface area contributed by atoms with Crippen LogP contribution < -0.4 is 9.62 Å². The summed E-state index contributed by atoms with van der Waals surface area (Å²) in [6.07, 6.45) is 0.995. The van der Waals surface area contributed by atoms with E-state index in [1.54, 1.807) is 55.5 Å². The van der Waals surface area contributed by atoms with Gasteiger partial charge in [-0.05, 0) is 62.2 Å². The topological polar surface area (TPSA) is 86.8 Å². The quantitative estimate of drug-likeness (QED) is 0.250. The van der Waals surface area contributed by atoms with E-state index >= 15 is 0 Å². The average Bonchev–Trinajstić information content (AvgIpc) is 2.92. The van der Waals surface area contributed by atoms with Crippen LogP contribution in [0.25, 0.3) is 0 Å². The van der Waals surface area contributed by atoms with Gasteiger partial charge >= 0.3 is 0 Å². The first-order valence-corrected chi connectivity index (χ1v) is 15.4. The van der Waals surface area contributed by atoms with Crippen molar-refractivity contribution in [2.45, 2.75) is 51.1 Å². The van der Waals surface area contributed by atoms with Gasteiger partial charge in [-0.2, -0.15) is 0 Å². The number of carbonyl (C=O) groups excluding carboxylic acids is 2. The third-order valence-electron chi connectivity index (χ3n) is 6.31. The predicted molar refractivity (Wildman–Crippen MR) is 162 cm³/mol. The maximum absolute atomic E-state index is 14.1. The Morgan fingerprint density at radius 3 is 2.12 bits per heavy atom. The van der Waals surface area contributed by atoms with Crippen molar-refractivity contribution >= 4 is 62.3 Å². The number of rotatable bonds is 12. The number of benzene rings is 3. The minimum atomic E-state index is -4.20. The summed E-state index contributed by atoms with van der Waals surface area (Å²) in [6.45, 7) is 5.30. The molecule has 0 unspecified atom stereocenters. The van der Waals surface area contributed by atoms with Gasteiger partial charge in [0.2, 0.25) is 11.8 Å². The van der Waals surface area contributed by atoms with Crippen molar-refractivity contribution in [2.75, 3.05) is 17.4 Å². The Labute approximate surface area is 251 Å². The third kappa shape index (κ3) is 7.69. The Morgan fingerprint density at radius 1 is 0.925 bits per heavy atom. The zero-order chi connectivity index (χ0) is 29.4. The molecular weight excluding hydrogens is 593 g/mol. The summed E-state index contributed by atoms with van der Waals surface area (Å²) in [7, 11) is -4.20. The molecule has 0 aliphatic heterocycles.